The molecule has 100 valence electrons. The maximum atomic E-state index is 13.0. The first-order chi connectivity index (χ1) is 8.75. The first-order valence-electron chi connectivity index (χ1n) is 7.08. The van der Waals surface area contributed by atoms with Crippen LogP contribution < -0.4 is 5.32 Å². The lowest BCUT2D eigenvalue weighted by Gasteiger charge is -2.23. The van der Waals surface area contributed by atoms with E-state index in [1.165, 1.54) is 44.7 Å². The molecule has 0 saturated heterocycles. The largest absolute Gasteiger partial charge is 0.310 e. The summed E-state index contributed by atoms with van der Waals surface area (Å²) < 4.78 is 13.0. The SMILES string of the molecule is C[C@H](NCc1cncc(F)c1)C1CCCCCC1. The van der Waals surface area contributed by atoms with Gasteiger partial charge in [0.15, 0.2) is 0 Å². The summed E-state index contributed by atoms with van der Waals surface area (Å²) in [5, 5.41) is 3.52. The summed E-state index contributed by atoms with van der Waals surface area (Å²) >= 11 is 0. The van der Waals surface area contributed by atoms with Gasteiger partial charge in [0.1, 0.15) is 5.82 Å². The molecule has 1 aromatic rings. The molecular weight excluding hydrogens is 227 g/mol. The zero-order valence-corrected chi connectivity index (χ0v) is 11.2. The highest BCUT2D eigenvalue weighted by molar-refractivity contribution is 5.09. The van der Waals surface area contributed by atoms with Crippen molar-refractivity contribution in [2.75, 3.05) is 0 Å². The third-order valence-electron chi connectivity index (χ3n) is 4.00. The van der Waals surface area contributed by atoms with E-state index in [-0.39, 0.29) is 5.82 Å². The Morgan fingerprint density at radius 3 is 2.67 bits per heavy atom. The van der Waals surface area contributed by atoms with Gasteiger partial charge in [-0.15, -0.1) is 0 Å². The fourth-order valence-electron chi connectivity index (χ4n) is 2.81. The predicted molar refractivity (Wildman–Crippen MR) is 71.7 cm³/mol. The number of nitrogens with zero attached hydrogens (tertiary/aromatic N) is 1. The van der Waals surface area contributed by atoms with Gasteiger partial charge in [0.2, 0.25) is 0 Å². The topological polar surface area (TPSA) is 24.9 Å². The van der Waals surface area contributed by atoms with E-state index in [0.717, 1.165) is 11.5 Å². The fourth-order valence-corrected chi connectivity index (χ4v) is 2.81. The molecular formula is C15H23FN2. The summed E-state index contributed by atoms with van der Waals surface area (Å²) in [6, 6.07) is 2.06. The Bertz CT molecular complexity index is 359. The molecule has 1 saturated carbocycles. The van der Waals surface area contributed by atoms with Crippen LogP contribution in [0.3, 0.4) is 0 Å². The zero-order chi connectivity index (χ0) is 12.8. The van der Waals surface area contributed by atoms with Gasteiger partial charge in [0, 0.05) is 18.8 Å². The van der Waals surface area contributed by atoms with E-state index in [9.17, 15) is 4.39 Å². The molecule has 1 aromatic heterocycles. The van der Waals surface area contributed by atoms with Crippen LogP contribution in [0.4, 0.5) is 4.39 Å². The minimum atomic E-state index is -0.253. The average Bonchev–Trinajstić information content (AvgIpc) is 2.65. The molecule has 0 aromatic carbocycles. The number of aromatic nitrogens is 1. The third kappa shape index (κ3) is 4.05. The summed E-state index contributed by atoms with van der Waals surface area (Å²) in [7, 11) is 0. The van der Waals surface area contributed by atoms with Gasteiger partial charge in [-0.3, -0.25) is 4.98 Å². The molecule has 18 heavy (non-hydrogen) atoms. The molecule has 1 fully saturated rings. The second kappa shape index (κ2) is 6.83. The minimum Gasteiger partial charge on any atom is -0.310 e. The van der Waals surface area contributed by atoms with E-state index >= 15 is 0 Å². The van der Waals surface area contributed by atoms with Gasteiger partial charge in [-0.25, -0.2) is 4.39 Å². The van der Waals surface area contributed by atoms with Crippen molar-refractivity contribution >= 4 is 0 Å². The van der Waals surface area contributed by atoms with Gasteiger partial charge in [-0.1, -0.05) is 25.7 Å². The van der Waals surface area contributed by atoms with Crippen molar-refractivity contribution in [1.82, 2.24) is 10.3 Å². The Labute approximate surface area is 109 Å². The van der Waals surface area contributed by atoms with Gasteiger partial charge in [-0.05, 0) is 37.3 Å². The monoisotopic (exact) mass is 250 g/mol. The minimum absolute atomic E-state index is 0.253. The maximum absolute atomic E-state index is 13.0. The molecule has 1 aliphatic rings. The molecule has 0 spiro atoms. The van der Waals surface area contributed by atoms with Crippen LogP contribution in [0.15, 0.2) is 18.5 Å². The number of halogens is 1. The Morgan fingerprint density at radius 2 is 2.00 bits per heavy atom. The van der Waals surface area contributed by atoms with Crippen LogP contribution in [0.1, 0.15) is 51.0 Å². The standard InChI is InChI=1S/C15H23FN2/c1-12(14-6-4-2-3-5-7-14)18-10-13-8-15(16)11-17-9-13/h8-9,11-12,14,18H,2-7,10H2,1H3/t12-/m0/s1. The molecule has 0 radical (unpaired) electrons. The van der Waals surface area contributed by atoms with Crippen molar-refractivity contribution in [1.29, 1.82) is 0 Å². The quantitative estimate of drug-likeness (QED) is 0.825. The van der Waals surface area contributed by atoms with Crippen molar-refractivity contribution < 1.29 is 4.39 Å². The van der Waals surface area contributed by atoms with E-state index in [0.29, 0.717) is 12.6 Å². The molecule has 3 heteroatoms. The van der Waals surface area contributed by atoms with E-state index in [4.69, 9.17) is 0 Å². The Morgan fingerprint density at radius 1 is 1.28 bits per heavy atom. The molecule has 1 heterocycles. The van der Waals surface area contributed by atoms with Crippen molar-refractivity contribution in [3.8, 4) is 0 Å². The Balaban J connectivity index is 1.81. The number of hydrogen-bond acceptors (Lipinski definition) is 2. The molecule has 1 aliphatic carbocycles. The summed E-state index contributed by atoms with van der Waals surface area (Å²) in [6.07, 6.45) is 11.1. The van der Waals surface area contributed by atoms with Gasteiger partial charge in [0.25, 0.3) is 0 Å². The highest BCUT2D eigenvalue weighted by Crippen LogP contribution is 2.25. The third-order valence-corrected chi connectivity index (χ3v) is 4.00. The van der Waals surface area contributed by atoms with Gasteiger partial charge < -0.3 is 5.32 Å². The summed E-state index contributed by atoms with van der Waals surface area (Å²) in [4.78, 5) is 3.87. The van der Waals surface area contributed by atoms with E-state index in [1.807, 2.05) is 0 Å². The molecule has 0 aliphatic heterocycles. The van der Waals surface area contributed by atoms with Gasteiger partial charge >= 0.3 is 0 Å². The van der Waals surface area contributed by atoms with Crippen LogP contribution in [-0.2, 0) is 6.54 Å². The van der Waals surface area contributed by atoms with Crippen molar-refractivity contribution in [3.63, 3.8) is 0 Å². The summed E-state index contributed by atoms with van der Waals surface area (Å²) in [6.45, 7) is 2.96. The first-order valence-corrected chi connectivity index (χ1v) is 7.08. The van der Waals surface area contributed by atoms with Crippen molar-refractivity contribution in [2.24, 2.45) is 5.92 Å². The second-order valence-electron chi connectivity index (χ2n) is 5.43. The first kappa shape index (κ1) is 13.5. The summed E-state index contributed by atoms with van der Waals surface area (Å²) in [5.41, 5.74) is 0.926. The molecule has 2 rings (SSSR count). The van der Waals surface area contributed by atoms with E-state index < -0.39 is 0 Å². The van der Waals surface area contributed by atoms with Crippen LogP contribution in [-0.4, -0.2) is 11.0 Å². The Kier molecular flexibility index (Phi) is 5.12. The molecule has 1 N–H and O–H groups in total. The Hall–Kier alpha value is -0.960. The van der Waals surface area contributed by atoms with Gasteiger partial charge in [0.05, 0.1) is 6.20 Å². The number of hydrogen-bond donors (Lipinski definition) is 1. The summed E-state index contributed by atoms with van der Waals surface area (Å²) in [5.74, 6) is 0.519. The lowest BCUT2D eigenvalue weighted by molar-refractivity contribution is 0.336. The number of pyridine rings is 1. The number of rotatable bonds is 4. The normalized spacial score (nSPS) is 19.4. The van der Waals surface area contributed by atoms with Gasteiger partial charge in [-0.2, -0.15) is 0 Å². The molecule has 2 nitrogen and oxygen atoms in total. The van der Waals surface area contributed by atoms with Crippen LogP contribution >= 0.6 is 0 Å². The fraction of sp³-hybridized carbons (Fsp3) is 0.667. The molecule has 1 atom stereocenters. The highest BCUT2D eigenvalue weighted by Gasteiger charge is 2.18. The smallest absolute Gasteiger partial charge is 0.141 e. The lowest BCUT2D eigenvalue weighted by atomic mass is 9.93. The predicted octanol–water partition coefficient (Wildman–Crippen LogP) is 3.67. The van der Waals surface area contributed by atoms with E-state index in [2.05, 4.69) is 17.2 Å². The lowest BCUT2D eigenvalue weighted by Crippen LogP contribution is -2.33. The highest BCUT2D eigenvalue weighted by atomic mass is 19.1. The maximum Gasteiger partial charge on any atom is 0.141 e. The zero-order valence-electron chi connectivity index (χ0n) is 11.2. The number of nitrogens with one attached hydrogen (secondary N) is 1. The average molecular weight is 250 g/mol. The van der Waals surface area contributed by atoms with Crippen molar-refractivity contribution in [2.45, 2.75) is 58.0 Å². The molecule has 0 amide bonds. The van der Waals surface area contributed by atoms with Crippen molar-refractivity contribution in [3.05, 3.63) is 29.8 Å². The van der Waals surface area contributed by atoms with Crippen LogP contribution in [0.25, 0.3) is 0 Å². The van der Waals surface area contributed by atoms with Crippen LogP contribution in [0, 0.1) is 11.7 Å². The van der Waals surface area contributed by atoms with Crippen LogP contribution in [0.2, 0.25) is 0 Å². The molecule has 0 bridgehead atoms. The van der Waals surface area contributed by atoms with Crippen LogP contribution in [0.5, 0.6) is 0 Å². The molecule has 0 unspecified atom stereocenters. The van der Waals surface area contributed by atoms with E-state index in [1.54, 1.807) is 12.3 Å². The second-order valence-corrected chi connectivity index (χ2v) is 5.43.